The first-order valence-electron chi connectivity index (χ1n) is 16.5. The molecule has 0 radical (unpaired) electrons. The number of halogens is 3. The van der Waals surface area contributed by atoms with Gasteiger partial charge in [0, 0.05) is 44.8 Å². The van der Waals surface area contributed by atoms with Crippen LogP contribution < -0.4 is 15.8 Å². The molecule has 3 fully saturated rings. The number of rotatable bonds is 8. The first-order chi connectivity index (χ1) is 24.0. The van der Waals surface area contributed by atoms with Crippen LogP contribution in [0.25, 0.3) is 22.3 Å². The number of nitrogens with zero attached hydrogens (tertiary/aromatic N) is 6. The maximum absolute atomic E-state index is 13.2. The number of carbonyl (C=O) groups excluding carboxylic acids is 1. The molecular formula is C34H39F3N8O5. The Morgan fingerprint density at radius 1 is 0.900 bits per heavy atom. The maximum atomic E-state index is 13.2. The number of carboxylic acids is 1. The Kier molecular flexibility index (Phi) is 10.8. The number of nitrogens with two attached hydrogens (primary N) is 1. The number of aliphatic carboxylic acids is 1. The van der Waals surface area contributed by atoms with Gasteiger partial charge in [-0.15, -0.1) is 0 Å². The van der Waals surface area contributed by atoms with Crippen molar-refractivity contribution >= 4 is 28.7 Å². The summed E-state index contributed by atoms with van der Waals surface area (Å²) in [6.45, 7) is 5.61. The van der Waals surface area contributed by atoms with Crippen LogP contribution in [0.3, 0.4) is 0 Å². The second-order valence-electron chi connectivity index (χ2n) is 12.5. The summed E-state index contributed by atoms with van der Waals surface area (Å²) in [6.07, 6.45) is 0.698. The number of anilines is 1. The van der Waals surface area contributed by atoms with Crippen molar-refractivity contribution in [3.8, 4) is 22.8 Å². The average Bonchev–Trinajstić information content (AvgIpc) is 3.49. The van der Waals surface area contributed by atoms with Crippen molar-refractivity contribution in [1.29, 1.82) is 0 Å². The molecule has 2 aromatic heterocycles. The van der Waals surface area contributed by atoms with Gasteiger partial charge in [-0.25, -0.2) is 19.4 Å². The SMILES string of the molecule is Nc1ncnc2c1c(-c1ccc(Oc3ccccc3)cc1)nn2C1CCN(C(=O)CN2CCC(OC3CNC3)CC2)CC1.O=C(O)C(F)(F)F. The van der Waals surface area contributed by atoms with Gasteiger partial charge < -0.3 is 30.5 Å². The molecule has 1 amide bonds. The first kappa shape index (κ1) is 35.0. The number of alkyl halides is 3. The highest BCUT2D eigenvalue weighted by atomic mass is 19.4. The number of nitrogen functional groups attached to an aromatic ring is 1. The molecule has 3 aliphatic rings. The highest BCUT2D eigenvalue weighted by Gasteiger charge is 2.38. The van der Waals surface area contributed by atoms with E-state index >= 15 is 0 Å². The van der Waals surface area contributed by atoms with Crippen LogP contribution in [-0.2, 0) is 14.3 Å². The van der Waals surface area contributed by atoms with Crippen LogP contribution in [0.1, 0.15) is 31.7 Å². The molecule has 3 aliphatic heterocycles. The third-order valence-corrected chi connectivity index (χ3v) is 9.05. The Balaban J connectivity index is 0.000000561. The van der Waals surface area contributed by atoms with Gasteiger partial charge in [-0.05, 0) is 62.1 Å². The summed E-state index contributed by atoms with van der Waals surface area (Å²) in [5.74, 6) is -0.626. The van der Waals surface area contributed by atoms with Gasteiger partial charge in [-0.3, -0.25) is 9.69 Å². The number of nitrogens with one attached hydrogen (secondary N) is 1. The normalized spacial score (nSPS) is 17.9. The molecule has 0 saturated carbocycles. The van der Waals surface area contributed by atoms with Crippen molar-refractivity contribution in [1.82, 2.24) is 34.9 Å². The topological polar surface area (TPSA) is 161 Å². The molecule has 5 heterocycles. The van der Waals surface area contributed by atoms with Crippen molar-refractivity contribution in [2.75, 3.05) is 51.5 Å². The molecule has 0 atom stereocenters. The van der Waals surface area contributed by atoms with Crippen molar-refractivity contribution < 1.29 is 37.3 Å². The second kappa shape index (κ2) is 15.4. The lowest BCUT2D eigenvalue weighted by Crippen LogP contribution is -2.52. The van der Waals surface area contributed by atoms with Gasteiger partial charge in [0.05, 0.1) is 30.2 Å². The fourth-order valence-corrected chi connectivity index (χ4v) is 6.24. The summed E-state index contributed by atoms with van der Waals surface area (Å²) >= 11 is 0. The summed E-state index contributed by atoms with van der Waals surface area (Å²) in [7, 11) is 0. The predicted octanol–water partition coefficient (Wildman–Crippen LogP) is 4.12. The number of piperidine rings is 2. The monoisotopic (exact) mass is 696 g/mol. The van der Waals surface area contributed by atoms with Crippen LogP contribution in [0, 0.1) is 0 Å². The fourth-order valence-electron chi connectivity index (χ4n) is 6.24. The molecular weight excluding hydrogens is 657 g/mol. The Labute approximate surface area is 286 Å². The van der Waals surface area contributed by atoms with Crippen molar-refractivity contribution in [3.05, 3.63) is 60.9 Å². The van der Waals surface area contributed by atoms with Crippen LogP contribution in [0.5, 0.6) is 11.5 Å². The molecule has 50 heavy (non-hydrogen) atoms. The van der Waals surface area contributed by atoms with E-state index in [1.54, 1.807) is 0 Å². The molecule has 16 heteroatoms. The molecule has 0 spiro atoms. The number of para-hydroxylation sites is 1. The zero-order valence-electron chi connectivity index (χ0n) is 27.3. The Morgan fingerprint density at radius 2 is 1.54 bits per heavy atom. The van der Waals surface area contributed by atoms with Gasteiger partial charge in [-0.1, -0.05) is 18.2 Å². The van der Waals surface area contributed by atoms with E-state index in [2.05, 4.69) is 20.2 Å². The van der Waals surface area contributed by atoms with E-state index in [0.717, 1.165) is 85.7 Å². The van der Waals surface area contributed by atoms with E-state index in [0.29, 0.717) is 37.7 Å². The fraction of sp³-hybridized carbons (Fsp3) is 0.441. The number of aromatic nitrogens is 4. The third kappa shape index (κ3) is 8.49. The number of carboxylic acid groups (broad SMARTS) is 1. The molecule has 4 N–H and O–H groups in total. The zero-order valence-corrected chi connectivity index (χ0v) is 27.3. The van der Waals surface area contributed by atoms with Gasteiger partial charge in [-0.2, -0.15) is 18.3 Å². The minimum absolute atomic E-state index is 0.115. The van der Waals surface area contributed by atoms with Gasteiger partial charge in [0.15, 0.2) is 5.65 Å². The Hall–Kier alpha value is -4.80. The summed E-state index contributed by atoms with van der Waals surface area (Å²) in [5, 5.41) is 16.2. The highest BCUT2D eigenvalue weighted by Crippen LogP contribution is 2.35. The van der Waals surface area contributed by atoms with Gasteiger partial charge in [0.1, 0.15) is 29.3 Å². The number of fused-ring (bicyclic) bond motifs is 1. The average molecular weight is 697 g/mol. The Morgan fingerprint density at radius 3 is 2.14 bits per heavy atom. The minimum Gasteiger partial charge on any atom is -0.475 e. The van der Waals surface area contributed by atoms with Crippen LogP contribution in [-0.4, -0.2) is 111 Å². The van der Waals surface area contributed by atoms with E-state index < -0.39 is 12.1 Å². The van der Waals surface area contributed by atoms with Gasteiger partial charge in [0.25, 0.3) is 0 Å². The molecule has 3 saturated heterocycles. The number of benzene rings is 2. The summed E-state index contributed by atoms with van der Waals surface area (Å²) in [4.78, 5) is 35.2. The molecule has 4 aromatic rings. The lowest BCUT2D eigenvalue weighted by atomic mass is 10.0. The summed E-state index contributed by atoms with van der Waals surface area (Å²) in [5.41, 5.74) is 8.75. The van der Waals surface area contributed by atoms with Crippen LogP contribution in [0.4, 0.5) is 19.0 Å². The van der Waals surface area contributed by atoms with Crippen LogP contribution >= 0.6 is 0 Å². The molecule has 13 nitrogen and oxygen atoms in total. The lowest BCUT2D eigenvalue weighted by molar-refractivity contribution is -0.192. The number of carbonyl (C=O) groups is 2. The van der Waals surface area contributed by atoms with Crippen LogP contribution in [0.2, 0.25) is 0 Å². The number of amides is 1. The van der Waals surface area contributed by atoms with E-state index in [1.165, 1.54) is 6.33 Å². The second-order valence-corrected chi connectivity index (χ2v) is 12.5. The molecule has 0 unspecified atom stereocenters. The van der Waals surface area contributed by atoms with E-state index in [1.807, 2.05) is 64.2 Å². The van der Waals surface area contributed by atoms with Crippen LogP contribution in [0.15, 0.2) is 60.9 Å². The standard InChI is InChI=1S/C32H38N8O3.C2HF3O2/c33-31-29-30(22-6-8-25(9-7-22)42-24-4-2-1-3-5-24)37-40(32(29)36-21-35-31)23-10-16-39(17-11-23)28(41)20-38-14-12-26(13-15-38)43-27-18-34-19-27;3-2(4,5)1(6)7/h1-9,21,23,26-27,34H,10-20H2,(H2,33,35,36);(H,6,7). The predicted molar refractivity (Wildman–Crippen MR) is 177 cm³/mol. The van der Waals surface area contributed by atoms with E-state index in [4.69, 9.17) is 30.2 Å². The highest BCUT2D eigenvalue weighted by molar-refractivity contribution is 5.98. The molecule has 0 aliphatic carbocycles. The number of likely N-dealkylation sites (tertiary alicyclic amines) is 2. The Bertz CT molecular complexity index is 1750. The molecule has 0 bridgehead atoms. The third-order valence-electron chi connectivity index (χ3n) is 9.05. The summed E-state index contributed by atoms with van der Waals surface area (Å²) < 4.78 is 45.8. The van der Waals surface area contributed by atoms with Crippen molar-refractivity contribution in [3.63, 3.8) is 0 Å². The molecule has 7 rings (SSSR count). The lowest BCUT2D eigenvalue weighted by Gasteiger charge is -2.38. The first-order valence-corrected chi connectivity index (χ1v) is 16.5. The quantitative estimate of drug-likeness (QED) is 0.243. The van der Waals surface area contributed by atoms with Crippen molar-refractivity contribution in [2.24, 2.45) is 0 Å². The van der Waals surface area contributed by atoms with Crippen molar-refractivity contribution in [2.45, 2.75) is 50.1 Å². The van der Waals surface area contributed by atoms with Gasteiger partial charge in [0.2, 0.25) is 5.91 Å². The number of hydrogen-bond acceptors (Lipinski definition) is 10. The number of ether oxygens (including phenoxy) is 2. The largest absolute Gasteiger partial charge is 0.490 e. The maximum Gasteiger partial charge on any atom is 0.490 e. The summed E-state index contributed by atoms with van der Waals surface area (Å²) in [6, 6.07) is 17.6. The molecule has 266 valence electrons. The smallest absolute Gasteiger partial charge is 0.475 e. The number of hydrogen-bond donors (Lipinski definition) is 3. The molecule has 2 aromatic carbocycles. The zero-order chi connectivity index (χ0) is 35.3. The van der Waals surface area contributed by atoms with Gasteiger partial charge >= 0.3 is 12.1 Å². The van der Waals surface area contributed by atoms with E-state index in [9.17, 15) is 18.0 Å². The minimum atomic E-state index is -5.08. The van der Waals surface area contributed by atoms with E-state index in [-0.39, 0.29) is 11.9 Å².